The molecule has 0 spiro atoms. The molecule has 0 aromatic carbocycles. The fraction of sp³-hybridized carbons (Fsp3) is 0.925. The maximum absolute atomic E-state index is 12.5. The molecule has 0 aliphatic carbocycles. The van der Waals surface area contributed by atoms with Crippen molar-refractivity contribution in [1.82, 2.24) is 5.32 Å². The van der Waals surface area contributed by atoms with Gasteiger partial charge in [-0.1, -0.05) is 411 Å². The Hall–Kier alpha value is -1.66. The van der Waals surface area contributed by atoms with Gasteiger partial charge in [0.25, 0.3) is 0 Å². The molecule has 0 fully saturated rings. The van der Waals surface area contributed by atoms with Crippen molar-refractivity contribution in [1.29, 1.82) is 0 Å². The zero-order valence-corrected chi connectivity index (χ0v) is 58.6. The number of aliphatic hydroxyl groups excluding tert-OH is 2. The van der Waals surface area contributed by atoms with E-state index >= 15 is 0 Å². The number of carbonyl (C=O) groups excluding carboxylic acids is 2. The molecule has 2 atom stereocenters. The number of ether oxygens (including phenoxy) is 1. The SMILES string of the molecule is CCCC/C=C\C/C=C\CCCCCCCC(=O)OCCCCCCCCCCCCCCCCCCCCCCCCCCCCCCCCCCCCCCCC(=O)NC(CO)C(O)CCCCCCCCCCCCCCCCCCCC. The number of hydrogen-bond donors (Lipinski definition) is 3. The van der Waals surface area contributed by atoms with E-state index in [0.717, 1.165) is 51.4 Å². The summed E-state index contributed by atoms with van der Waals surface area (Å²) < 4.78 is 5.49. The van der Waals surface area contributed by atoms with Crippen molar-refractivity contribution in [3.05, 3.63) is 24.3 Å². The second kappa shape index (κ2) is 75.8. The Morgan fingerprint density at radius 3 is 0.919 bits per heavy atom. The quantitative estimate of drug-likeness (QED) is 0.0320. The lowest BCUT2D eigenvalue weighted by Gasteiger charge is -2.22. The van der Waals surface area contributed by atoms with Gasteiger partial charge in [0, 0.05) is 12.8 Å². The van der Waals surface area contributed by atoms with Gasteiger partial charge in [0.05, 0.1) is 25.4 Å². The minimum absolute atomic E-state index is 0.00943. The molecule has 510 valence electrons. The van der Waals surface area contributed by atoms with Gasteiger partial charge in [0.15, 0.2) is 0 Å². The highest BCUT2D eigenvalue weighted by molar-refractivity contribution is 5.76. The number of aliphatic hydroxyl groups is 2. The highest BCUT2D eigenvalue weighted by Crippen LogP contribution is 2.20. The van der Waals surface area contributed by atoms with Gasteiger partial charge < -0.3 is 20.3 Å². The Morgan fingerprint density at radius 1 is 0.326 bits per heavy atom. The molecule has 0 aromatic heterocycles. The number of nitrogens with one attached hydrogen (secondary N) is 1. The first-order valence-electron chi connectivity index (χ1n) is 39.6. The van der Waals surface area contributed by atoms with Crippen LogP contribution in [-0.4, -0.2) is 47.4 Å². The van der Waals surface area contributed by atoms with Crippen molar-refractivity contribution in [3.63, 3.8) is 0 Å². The number of unbranched alkanes of at least 4 members (excludes halogenated alkanes) is 60. The van der Waals surface area contributed by atoms with Crippen LogP contribution in [0.1, 0.15) is 450 Å². The summed E-state index contributed by atoms with van der Waals surface area (Å²) in [5.74, 6) is -0.0152. The molecular weight excluding hydrogens is 1050 g/mol. The lowest BCUT2D eigenvalue weighted by Crippen LogP contribution is -2.45. The second-order valence-corrected chi connectivity index (χ2v) is 27.4. The summed E-state index contributed by atoms with van der Waals surface area (Å²) >= 11 is 0. The summed E-state index contributed by atoms with van der Waals surface area (Å²) in [5, 5.41) is 23.4. The fourth-order valence-electron chi connectivity index (χ4n) is 12.7. The maximum atomic E-state index is 12.5. The standard InChI is InChI=1S/C80H155NO5/c1-3-5-7-9-11-13-15-17-19-20-42-45-48-52-56-60-64-68-72-78(83)77(76-82)81-79(84)73-69-65-61-57-53-49-46-43-40-38-36-34-32-30-28-26-24-22-21-23-25-27-29-31-33-35-37-39-41-44-47-51-55-59-63-67-71-75-86-80(85)74-70-66-62-58-54-50-18-16-14-12-10-8-6-4-2/h10,12,16,18,77-78,82-83H,3-9,11,13-15,17,19-76H2,1-2H3,(H,81,84)/b12-10-,18-16-. The number of rotatable bonds is 75. The third-order valence-corrected chi connectivity index (χ3v) is 18.8. The van der Waals surface area contributed by atoms with Gasteiger partial charge in [0.1, 0.15) is 0 Å². The molecule has 0 saturated heterocycles. The summed E-state index contributed by atoms with van der Waals surface area (Å²) in [6.07, 6.45) is 97.1. The third kappa shape index (κ3) is 71.4. The van der Waals surface area contributed by atoms with E-state index in [-0.39, 0.29) is 18.5 Å². The van der Waals surface area contributed by atoms with Crippen molar-refractivity contribution in [2.75, 3.05) is 13.2 Å². The zero-order valence-electron chi connectivity index (χ0n) is 58.6. The van der Waals surface area contributed by atoms with Gasteiger partial charge in [0.2, 0.25) is 5.91 Å². The van der Waals surface area contributed by atoms with Crippen LogP contribution in [0.2, 0.25) is 0 Å². The molecule has 0 rings (SSSR count). The van der Waals surface area contributed by atoms with Crippen LogP contribution in [0, 0.1) is 0 Å². The summed E-state index contributed by atoms with van der Waals surface area (Å²) in [7, 11) is 0. The molecule has 1 amide bonds. The van der Waals surface area contributed by atoms with E-state index in [0.29, 0.717) is 25.9 Å². The largest absolute Gasteiger partial charge is 0.466 e. The summed E-state index contributed by atoms with van der Waals surface area (Å²) in [6.45, 7) is 4.96. The van der Waals surface area contributed by atoms with Gasteiger partial charge in [-0.05, 0) is 51.4 Å². The van der Waals surface area contributed by atoms with Crippen molar-refractivity contribution >= 4 is 11.9 Å². The van der Waals surface area contributed by atoms with E-state index < -0.39 is 12.1 Å². The first kappa shape index (κ1) is 84.3. The predicted molar refractivity (Wildman–Crippen MR) is 380 cm³/mol. The Kier molecular flexibility index (Phi) is 74.3. The van der Waals surface area contributed by atoms with Crippen LogP contribution < -0.4 is 5.32 Å². The molecule has 2 unspecified atom stereocenters. The van der Waals surface area contributed by atoms with E-state index in [1.165, 1.54) is 366 Å². The molecular formula is C80H155NO5. The minimum atomic E-state index is -0.660. The van der Waals surface area contributed by atoms with Crippen molar-refractivity contribution < 1.29 is 24.5 Å². The molecule has 0 aliphatic heterocycles. The smallest absolute Gasteiger partial charge is 0.305 e. The second-order valence-electron chi connectivity index (χ2n) is 27.4. The first-order chi connectivity index (χ1) is 42.5. The molecule has 0 radical (unpaired) electrons. The van der Waals surface area contributed by atoms with E-state index in [1.54, 1.807) is 0 Å². The molecule has 0 aromatic rings. The predicted octanol–water partition coefficient (Wildman–Crippen LogP) is 26.0. The lowest BCUT2D eigenvalue weighted by atomic mass is 10.0. The summed E-state index contributed by atoms with van der Waals surface area (Å²) in [5.41, 5.74) is 0. The number of hydrogen-bond acceptors (Lipinski definition) is 5. The molecule has 6 heteroatoms. The number of allylic oxidation sites excluding steroid dienone is 4. The monoisotopic (exact) mass is 1210 g/mol. The van der Waals surface area contributed by atoms with E-state index in [9.17, 15) is 19.8 Å². The highest BCUT2D eigenvalue weighted by atomic mass is 16.5. The van der Waals surface area contributed by atoms with Crippen LogP contribution in [0.15, 0.2) is 24.3 Å². The average Bonchev–Trinajstić information content (AvgIpc) is 3.55. The molecule has 0 aliphatic rings. The van der Waals surface area contributed by atoms with Gasteiger partial charge in [-0.25, -0.2) is 0 Å². The average molecular weight is 1210 g/mol. The number of amides is 1. The fourth-order valence-corrected chi connectivity index (χ4v) is 12.7. The van der Waals surface area contributed by atoms with Crippen LogP contribution in [0.5, 0.6) is 0 Å². The third-order valence-electron chi connectivity index (χ3n) is 18.8. The van der Waals surface area contributed by atoms with Gasteiger partial charge in [-0.3, -0.25) is 9.59 Å². The van der Waals surface area contributed by atoms with E-state index in [4.69, 9.17) is 4.74 Å². The van der Waals surface area contributed by atoms with Gasteiger partial charge >= 0.3 is 5.97 Å². The Labute approximate surface area is 539 Å². The molecule has 0 heterocycles. The van der Waals surface area contributed by atoms with E-state index in [2.05, 4.69) is 43.5 Å². The van der Waals surface area contributed by atoms with Crippen LogP contribution >= 0.6 is 0 Å². The van der Waals surface area contributed by atoms with Crippen molar-refractivity contribution in [2.24, 2.45) is 0 Å². The summed E-state index contributed by atoms with van der Waals surface area (Å²) in [4.78, 5) is 24.6. The Morgan fingerprint density at radius 2 is 0.593 bits per heavy atom. The van der Waals surface area contributed by atoms with Crippen molar-refractivity contribution in [3.8, 4) is 0 Å². The normalized spacial score (nSPS) is 12.6. The number of carbonyl (C=O) groups is 2. The van der Waals surface area contributed by atoms with Crippen LogP contribution in [0.3, 0.4) is 0 Å². The van der Waals surface area contributed by atoms with Gasteiger partial charge in [-0.2, -0.15) is 0 Å². The van der Waals surface area contributed by atoms with Crippen LogP contribution in [-0.2, 0) is 14.3 Å². The Bertz CT molecular complexity index is 1350. The lowest BCUT2D eigenvalue weighted by molar-refractivity contribution is -0.143. The molecule has 86 heavy (non-hydrogen) atoms. The number of esters is 1. The Balaban J connectivity index is 3.30. The molecule has 6 nitrogen and oxygen atoms in total. The topological polar surface area (TPSA) is 95.9 Å². The van der Waals surface area contributed by atoms with E-state index in [1.807, 2.05) is 0 Å². The molecule has 3 N–H and O–H groups in total. The first-order valence-corrected chi connectivity index (χ1v) is 39.6. The summed E-state index contributed by atoms with van der Waals surface area (Å²) in [6, 6.07) is -0.537. The highest BCUT2D eigenvalue weighted by Gasteiger charge is 2.20. The molecule has 0 saturated carbocycles. The molecule has 0 bridgehead atoms. The van der Waals surface area contributed by atoms with Crippen LogP contribution in [0.25, 0.3) is 0 Å². The van der Waals surface area contributed by atoms with Gasteiger partial charge in [-0.15, -0.1) is 0 Å². The minimum Gasteiger partial charge on any atom is -0.466 e. The maximum Gasteiger partial charge on any atom is 0.305 e. The van der Waals surface area contributed by atoms with Crippen LogP contribution in [0.4, 0.5) is 0 Å². The zero-order chi connectivity index (χ0) is 62.0. The van der Waals surface area contributed by atoms with Crippen molar-refractivity contribution in [2.45, 2.75) is 463 Å².